The lowest BCUT2D eigenvalue weighted by Crippen LogP contribution is -2.38. The van der Waals surface area contributed by atoms with Crippen LogP contribution >= 0.6 is 11.8 Å². The Morgan fingerprint density at radius 2 is 1.82 bits per heavy atom. The molecular formula is C21H27NO4S2. The van der Waals surface area contributed by atoms with Crippen LogP contribution in [0.1, 0.15) is 32.8 Å². The highest BCUT2D eigenvalue weighted by molar-refractivity contribution is 8.00. The number of rotatable bonds is 10. The molecule has 2 rings (SSSR count). The zero-order chi connectivity index (χ0) is 20.6. The second-order valence-electron chi connectivity index (χ2n) is 6.46. The molecule has 0 radical (unpaired) electrons. The third-order valence-corrected chi connectivity index (χ3v) is 6.53. The van der Waals surface area contributed by atoms with Gasteiger partial charge < -0.3 is 9.08 Å². The van der Waals surface area contributed by atoms with Crippen molar-refractivity contribution in [2.45, 2.75) is 44.7 Å². The van der Waals surface area contributed by atoms with E-state index in [1.165, 1.54) is 18.7 Å². The van der Waals surface area contributed by atoms with Gasteiger partial charge in [-0.3, -0.25) is 4.79 Å². The summed E-state index contributed by atoms with van der Waals surface area (Å²) >= 11 is 1.51. The number of hydrogen-bond acceptors (Lipinski definition) is 5. The minimum atomic E-state index is -3.58. The van der Waals surface area contributed by atoms with Crippen molar-refractivity contribution in [2.75, 3.05) is 11.5 Å². The van der Waals surface area contributed by atoms with E-state index in [2.05, 4.69) is 0 Å². The zero-order valence-corrected chi connectivity index (χ0v) is 18.1. The van der Waals surface area contributed by atoms with Crippen LogP contribution in [-0.4, -0.2) is 36.8 Å². The molecule has 0 aliphatic heterocycles. The second kappa shape index (κ2) is 10.5. The molecule has 7 heteroatoms. The molecule has 0 bridgehead atoms. The maximum atomic E-state index is 12.9. The number of carbonyl (C=O) groups excluding carboxylic acids is 1. The SMILES string of the molecule is CC[C@H](C)N(Cc1cccc(OS(=O)(=O)CC)c1)C(=O)CSc1ccccc1. The van der Waals surface area contributed by atoms with Gasteiger partial charge >= 0.3 is 10.1 Å². The normalized spacial score (nSPS) is 12.4. The van der Waals surface area contributed by atoms with Gasteiger partial charge in [-0.05, 0) is 50.1 Å². The molecule has 1 atom stereocenters. The van der Waals surface area contributed by atoms with Crippen LogP contribution in [0.2, 0.25) is 0 Å². The quantitative estimate of drug-likeness (QED) is 0.422. The highest BCUT2D eigenvalue weighted by Crippen LogP contribution is 2.21. The summed E-state index contributed by atoms with van der Waals surface area (Å²) < 4.78 is 28.5. The Morgan fingerprint density at radius 1 is 1.11 bits per heavy atom. The molecule has 0 N–H and O–H groups in total. The number of thioether (sulfide) groups is 1. The standard InChI is InChI=1S/C21H27NO4S2/c1-4-17(3)22(21(23)16-27-20-12-7-6-8-13-20)15-18-10-9-11-19(14-18)26-28(24,25)5-2/h6-14,17H,4-5,15-16H2,1-3H3/t17-/m0/s1. The van der Waals surface area contributed by atoms with Gasteiger partial charge in [0.2, 0.25) is 5.91 Å². The molecule has 5 nitrogen and oxygen atoms in total. The first-order chi connectivity index (χ1) is 13.3. The summed E-state index contributed by atoms with van der Waals surface area (Å²) in [5.41, 5.74) is 0.835. The van der Waals surface area contributed by atoms with Gasteiger partial charge in [0, 0.05) is 17.5 Å². The molecule has 1 amide bonds. The fourth-order valence-electron chi connectivity index (χ4n) is 2.55. The first-order valence-corrected chi connectivity index (χ1v) is 11.9. The van der Waals surface area contributed by atoms with Crippen molar-refractivity contribution in [3.05, 3.63) is 60.2 Å². The monoisotopic (exact) mass is 421 g/mol. The van der Waals surface area contributed by atoms with Crippen LogP contribution in [0.3, 0.4) is 0 Å². The molecule has 152 valence electrons. The Kier molecular flexibility index (Phi) is 8.38. The second-order valence-corrected chi connectivity index (χ2v) is 9.37. The third-order valence-electron chi connectivity index (χ3n) is 4.38. The van der Waals surface area contributed by atoms with Crippen molar-refractivity contribution in [3.63, 3.8) is 0 Å². The molecule has 0 saturated carbocycles. The Hall–Kier alpha value is -1.99. The average molecular weight is 422 g/mol. The Labute approximate surface area is 172 Å². The highest BCUT2D eigenvalue weighted by Gasteiger charge is 2.20. The van der Waals surface area contributed by atoms with Gasteiger partial charge in [-0.1, -0.05) is 37.3 Å². The molecule has 0 spiro atoms. The van der Waals surface area contributed by atoms with E-state index in [-0.39, 0.29) is 23.5 Å². The summed E-state index contributed by atoms with van der Waals surface area (Å²) in [5.74, 6) is 0.588. The van der Waals surface area contributed by atoms with Gasteiger partial charge in [-0.15, -0.1) is 11.8 Å². The predicted molar refractivity (Wildman–Crippen MR) is 114 cm³/mol. The molecule has 0 fully saturated rings. The van der Waals surface area contributed by atoms with Gasteiger partial charge in [-0.25, -0.2) is 0 Å². The van der Waals surface area contributed by atoms with E-state index in [9.17, 15) is 13.2 Å². The lowest BCUT2D eigenvalue weighted by molar-refractivity contribution is -0.131. The van der Waals surface area contributed by atoms with E-state index in [0.29, 0.717) is 12.3 Å². The first kappa shape index (κ1) is 22.3. The van der Waals surface area contributed by atoms with E-state index in [4.69, 9.17) is 4.18 Å². The molecular weight excluding hydrogens is 394 g/mol. The Bertz CT molecular complexity index is 869. The van der Waals surface area contributed by atoms with E-state index >= 15 is 0 Å². The van der Waals surface area contributed by atoms with Crippen molar-refractivity contribution >= 4 is 27.8 Å². The average Bonchev–Trinajstić information content (AvgIpc) is 2.70. The fraction of sp³-hybridized carbons (Fsp3) is 0.381. The molecule has 2 aromatic carbocycles. The van der Waals surface area contributed by atoms with Crippen LogP contribution in [0.15, 0.2) is 59.5 Å². The highest BCUT2D eigenvalue weighted by atomic mass is 32.2. The molecule has 0 aromatic heterocycles. The van der Waals surface area contributed by atoms with Crippen molar-refractivity contribution in [3.8, 4) is 5.75 Å². The van der Waals surface area contributed by atoms with Gasteiger partial charge in [0.15, 0.2) is 0 Å². The van der Waals surface area contributed by atoms with Crippen LogP contribution < -0.4 is 4.18 Å². The maximum Gasteiger partial charge on any atom is 0.308 e. The third kappa shape index (κ3) is 6.87. The topological polar surface area (TPSA) is 63.7 Å². The summed E-state index contributed by atoms with van der Waals surface area (Å²) in [6, 6.07) is 16.8. The Balaban J connectivity index is 2.10. The molecule has 0 aliphatic rings. The van der Waals surface area contributed by atoms with Gasteiger partial charge in [-0.2, -0.15) is 8.42 Å². The first-order valence-electron chi connectivity index (χ1n) is 9.33. The van der Waals surface area contributed by atoms with Gasteiger partial charge in [0.25, 0.3) is 0 Å². The number of amides is 1. The van der Waals surface area contributed by atoms with Crippen molar-refractivity contribution < 1.29 is 17.4 Å². The van der Waals surface area contributed by atoms with Crippen molar-refractivity contribution in [1.29, 1.82) is 0 Å². The van der Waals surface area contributed by atoms with Crippen molar-refractivity contribution in [1.82, 2.24) is 4.90 Å². The van der Waals surface area contributed by atoms with Crippen LogP contribution in [0, 0.1) is 0 Å². The smallest absolute Gasteiger partial charge is 0.308 e. The summed E-state index contributed by atoms with van der Waals surface area (Å²) in [4.78, 5) is 15.8. The van der Waals surface area contributed by atoms with E-state index in [0.717, 1.165) is 16.9 Å². The van der Waals surface area contributed by atoms with Crippen LogP contribution in [0.25, 0.3) is 0 Å². The molecule has 0 aliphatic carbocycles. The number of hydrogen-bond donors (Lipinski definition) is 0. The Morgan fingerprint density at radius 3 is 2.46 bits per heavy atom. The lowest BCUT2D eigenvalue weighted by Gasteiger charge is -2.29. The van der Waals surface area contributed by atoms with Crippen molar-refractivity contribution in [2.24, 2.45) is 0 Å². The molecule has 0 saturated heterocycles. The van der Waals surface area contributed by atoms with Gasteiger partial charge in [0.05, 0.1) is 11.5 Å². The van der Waals surface area contributed by atoms with E-state index in [1.54, 1.807) is 18.2 Å². The van der Waals surface area contributed by atoms with Crippen LogP contribution in [-0.2, 0) is 21.5 Å². The fourth-order valence-corrected chi connectivity index (χ4v) is 3.87. The summed E-state index contributed by atoms with van der Waals surface area (Å²) in [6.07, 6.45) is 0.835. The van der Waals surface area contributed by atoms with Gasteiger partial charge in [0.1, 0.15) is 5.75 Å². The maximum absolute atomic E-state index is 12.9. The summed E-state index contributed by atoms with van der Waals surface area (Å²) in [6.45, 7) is 6.01. The zero-order valence-electron chi connectivity index (χ0n) is 16.5. The lowest BCUT2D eigenvalue weighted by atomic mass is 10.1. The summed E-state index contributed by atoms with van der Waals surface area (Å²) in [5, 5.41) is 0. The summed E-state index contributed by atoms with van der Waals surface area (Å²) in [7, 11) is -3.58. The van der Waals surface area contributed by atoms with Crippen LogP contribution in [0.4, 0.5) is 0 Å². The largest absolute Gasteiger partial charge is 0.382 e. The molecule has 2 aromatic rings. The minimum Gasteiger partial charge on any atom is -0.382 e. The number of nitrogens with zero attached hydrogens (tertiary/aromatic N) is 1. The van der Waals surface area contributed by atoms with E-state index in [1.807, 2.05) is 55.1 Å². The minimum absolute atomic E-state index is 0.0516. The molecule has 0 unspecified atom stereocenters. The molecule has 28 heavy (non-hydrogen) atoms. The predicted octanol–water partition coefficient (Wildman–Crippen LogP) is 4.33. The van der Waals surface area contributed by atoms with Crippen LogP contribution in [0.5, 0.6) is 5.75 Å². The molecule has 0 heterocycles. The number of benzene rings is 2. The van der Waals surface area contributed by atoms with E-state index < -0.39 is 10.1 Å². The number of carbonyl (C=O) groups is 1.